The van der Waals surface area contributed by atoms with Crippen LogP contribution in [0, 0.1) is 0 Å². The number of carboxylic acid groups (broad SMARTS) is 1. The van der Waals surface area contributed by atoms with E-state index < -0.39 is 6.09 Å². The fourth-order valence-corrected chi connectivity index (χ4v) is 1.81. The molecular formula is C11H14N2O2. The predicted molar refractivity (Wildman–Crippen MR) is 56.7 cm³/mol. The Morgan fingerprint density at radius 3 is 2.67 bits per heavy atom. The molecule has 0 aliphatic carbocycles. The van der Waals surface area contributed by atoms with Crippen molar-refractivity contribution in [2.75, 3.05) is 13.1 Å². The maximum absolute atomic E-state index is 10.3. The number of amides is 1. The van der Waals surface area contributed by atoms with Crippen LogP contribution in [0.4, 0.5) is 4.79 Å². The molecule has 1 aromatic rings. The molecule has 15 heavy (non-hydrogen) atoms. The van der Waals surface area contributed by atoms with Gasteiger partial charge in [-0.2, -0.15) is 0 Å². The molecule has 0 radical (unpaired) electrons. The maximum Gasteiger partial charge on any atom is 0.404 e. The van der Waals surface area contributed by atoms with Crippen LogP contribution >= 0.6 is 0 Å². The van der Waals surface area contributed by atoms with Crippen molar-refractivity contribution < 1.29 is 9.90 Å². The second kappa shape index (κ2) is 4.31. The Labute approximate surface area is 88.5 Å². The molecule has 1 aliphatic rings. The third-order valence-electron chi connectivity index (χ3n) is 2.53. The highest BCUT2D eigenvalue weighted by atomic mass is 16.4. The molecule has 1 saturated heterocycles. The van der Waals surface area contributed by atoms with Crippen LogP contribution in [0.2, 0.25) is 0 Å². The van der Waals surface area contributed by atoms with Crippen LogP contribution in [0.1, 0.15) is 5.56 Å². The van der Waals surface area contributed by atoms with Gasteiger partial charge in [-0.1, -0.05) is 30.3 Å². The van der Waals surface area contributed by atoms with Gasteiger partial charge in [0.15, 0.2) is 0 Å². The van der Waals surface area contributed by atoms with Gasteiger partial charge in [0.05, 0.1) is 6.04 Å². The molecule has 80 valence electrons. The zero-order chi connectivity index (χ0) is 10.7. The summed E-state index contributed by atoms with van der Waals surface area (Å²) in [6, 6.07) is 10.3. The quantitative estimate of drug-likeness (QED) is 0.779. The summed E-state index contributed by atoms with van der Waals surface area (Å²) in [4.78, 5) is 12.6. The lowest BCUT2D eigenvalue weighted by Gasteiger charge is -2.38. The lowest BCUT2D eigenvalue weighted by Crippen LogP contribution is -2.58. The Morgan fingerprint density at radius 1 is 1.40 bits per heavy atom. The molecule has 1 fully saturated rings. The zero-order valence-electron chi connectivity index (χ0n) is 8.39. The maximum atomic E-state index is 10.3. The van der Waals surface area contributed by atoms with Crippen molar-refractivity contribution >= 4 is 6.09 Å². The molecule has 1 heterocycles. The molecular weight excluding hydrogens is 192 g/mol. The molecule has 2 N–H and O–H groups in total. The van der Waals surface area contributed by atoms with Gasteiger partial charge in [0.2, 0.25) is 0 Å². The van der Waals surface area contributed by atoms with E-state index in [4.69, 9.17) is 5.11 Å². The molecule has 0 unspecified atom stereocenters. The van der Waals surface area contributed by atoms with Crippen molar-refractivity contribution in [3.05, 3.63) is 35.9 Å². The van der Waals surface area contributed by atoms with Gasteiger partial charge in [0.25, 0.3) is 0 Å². The highest BCUT2D eigenvalue weighted by Gasteiger charge is 2.27. The second-order valence-corrected chi connectivity index (χ2v) is 3.83. The van der Waals surface area contributed by atoms with E-state index in [9.17, 15) is 4.79 Å². The third-order valence-corrected chi connectivity index (χ3v) is 2.53. The summed E-state index contributed by atoms with van der Waals surface area (Å²) < 4.78 is 0. The van der Waals surface area contributed by atoms with Gasteiger partial charge >= 0.3 is 6.09 Å². The molecule has 0 spiro atoms. The Balaban J connectivity index is 1.74. The van der Waals surface area contributed by atoms with Crippen LogP contribution in [-0.4, -0.2) is 35.2 Å². The fraction of sp³-hybridized carbons (Fsp3) is 0.364. The Hall–Kier alpha value is -1.55. The monoisotopic (exact) mass is 206 g/mol. The van der Waals surface area contributed by atoms with E-state index >= 15 is 0 Å². The average Bonchev–Trinajstić information content (AvgIpc) is 2.15. The normalized spacial score (nSPS) is 17.1. The average molecular weight is 206 g/mol. The van der Waals surface area contributed by atoms with E-state index in [0.717, 1.165) is 19.6 Å². The van der Waals surface area contributed by atoms with Crippen LogP contribution in [0.25, 0.3) is 0 Å². The summed E-state index contributed by atoms with van der Waals surface area (Å²) in [5, 5.41) is 11.0. The van der Waals surface area contributed by atoms with Crippen LogP contribution in [0.15, 0.2) is 30.3 Å². The molecule has 4 heteroatoms. The van der Waals surface area contributed by atoms with Gasteiger partial charge in [0, 0.05) is 19.6 Å². The van der Waals surface area contributed by atoms with E-state index in [-0.39, 0.29) is 6.04 Å². The lowest BCUT2D eigenvalue weighted by atomic mass is 10.1. The molecule has 0 aromatic heterocycles. The van der Waals surface area contributed by atoms with Gasteiger partial charge in [-0.05, 0) is 5.56 Å². The van der Waals surface area contributed by atoms with Gasteiger partial charge < -0.3 is 10.4 Å². The van der Waals surface area contributed by atoms with Gasteiger partial charge in [-0.15, -0.1) is 0 Å². The molecule has 1 amide bonds. The molecule has 4 nitrogen and oxygen atoms in total. The molecule has 2 rings (SSSR count). The number of hydrogen-bond acceptors (Lipinski definition) is 2. The molecule has 1 aliphatic heterocycles. The van der Waals surface area contributed by atoms with Crippen molar-refractivity contribution in [2.45, 2.75) is 12.6 Å². The van der Waals surface area contributed by atoms with Crippen molar-refractivity contribution in [3.63, 3.8) is 0 Å². The van der Waals surface area contributed by atoms with Gasteiger partial charge in [0.1, 0.15) is 0 Å². The lowest BCUT2D eigenvalue weighted by molar-refractivity contribution is 0.111. The third kappa shape index (κ3) is 2.70. The zero-order valence-corrected chi connectivity index (χ0v) is 8.39. The number of nitrogens with one attached hydrogen (secondary N) is 1. The summed E-state index contributed by atoms with van der Waals surface area (Å²) in [7, 11) is 0. The Bertz CT molecular complexity index is 334. The molecule has 0 atom stereocenters. The van der Waals surface area contributed by atoms with Crippen LogP contribution < -0.4 is 5.32 Å². The van der Waals surface area contributed by atoms with E-state index in [0.29, 0.717) is 0 Å². The second-order valence-electron chi connectivity index (χ2n) is 3.83. The van der Waals surface area contributed by atoms with Crippen LogP contribution in [0.3, 0.4) is 0 Å². The molecule has 0 bridgehead atoms. The number of likely N-dealkylation sites (tertiary alicyclic amines) is 1. The molecule has 1 aromatic carbocycles. The van der Waals surface area contributed by atoms with Gasteiger partial charge in [-0.3, -0.25) is 4.90 Å². The first-order valence-electron chi connectivity index (χ1n) is 5.00. The summed E-state index contributed by atoms with van der Waals surface area (Å²) in [6.07, 6.45) is -0.931. The largest absolute Gasteiger partial charge is 0.465 e. The number of rotatable bonds is 3. The first kappa shape index (κ1) is 9.98. The van der Waals surface area contributed by atoms with Crippen molar-refractivity contribution in [2.24, 2.45) is 0 Å². The van der Waals surface area contributed by atoms with Crippen molar-refractivity contribution in [1.29, 1.82) is 0 Å². The number of benzene rings is 1. The van der Waals surface area contributed by atoms with Crippen molar-refractivity contribution in [3.8, 4) is 0 Å². The SMILES string of the molecule is O=C(O)NC1CN(Cc2ccccc2)C1. The smallest absolute Gasteiger partial charge is 0.404 e. The van der Waals surface area contributed by atoms with Crippen molar-refractivity contribution in [1.82, 2.24) is 10.2 Å². The summed E-state index contributed by atoms with van der Waals surface area (Å²) in [5.74, 6) is 0. The topological polar surface area (TPSA) is 52.6 Å². The minimum atomic E-state index is -0.931. The first-order valence-corrected chi connectivity index (χ1v) is 5.00. The van der Waals surface area contributed by atoms with E-state index in [1.165, 1.54) is 5.56 Å². The number of carbonyl (C=O) groups is 1. The fourth-order valence-electron chi connectivity index (χ4n) is 1.81. The van der Waals surface area contributed by atoms with Crippen LogP contribution in [0.5, 0.6) is 0 Å². The standard InChI is InChI=1S/C11H14N2O2/c14-11(15)12-10-7-13(8-10)6-9-4-2-1-3-5-9/h1-5,10,12H,6-8H2,(H,14,15). The first-order chi connectivity index (χ1) is 7.24. The van der Waals surface area contributed by atoms with E-state index in [2.05, 4.69) is 22.3 Å². The summed E-state index contributed by atoms with van der Waals surface area (Å²) >= 11 is 0. The van der Waals surface area contributed by atoms with E-state index in [1.807, 2.05) is 18.2 Å². The number of nitrogens with zero attached hydrogens (tertiary/aromatic N) is 1. The minimum absolute atomic E-state index is 0.103. The van der Waals surface area contributed by atoms with Crippen LogP contribution in [-0.2, 0) is 6.54 Å². The highest BCUT2D eigenvalue weighted by molar-refractivity contribution is 5.65. The Kier molecular flexibility index (Phi) is 2.87. The summed E-state index contributed by atoms with van der Waals surface area (Å²) in [5.41, 5.74) is 1.27. The predicted octanol–water partition coefficient (Wildman–Crippen LogP) is 1.14. The minimum Gasteiger partial charge on any atom is -0.465 e. The highest BCUT2D eigenvalue weighted by Crippen LogP contribution is 2.12. The Morgan fingerprint density at radius 2 is 2.07 bits per heavy atom. The van der Waals surface area contributed by atoms with E-state index in [1.54, 1.807) is 0 Å². The summed E-state index contributed by atoms with van der Waals surface area (Å²) in [6.45, 7) is 2.51. The number of hydrogen-bond donors (Lipinski definition) is 2. The molecule has 0 saturated carbocycles. The van der Waals surface area contributed by atoms with Gasteiger partial charge in [-0.25, -0.2) is 4.79 Å².